The molecule has 2 bridgehead atoms. The first kappa shape index (κ1) is 11.8. The van der Waals surface area contributed by atoms with Crippen LogP contribution in [0, 0.1) is 23.7 Å². The maximum atomic E-state index is 8.92. The number of aromatic nitrogens is 2. The molecule has 4 heteroatoms. The van der Waals surface area contributed by atoms with E-state index in [2.05, 4.69) is 10.4 Å². The second-order valence-corrected chi connectivity index (χ2v) is 6.62. The largest absolute Gasteiger partial charge is 0.394 e. The third kappa shape index (κ3) is 1.88. The highest BCUT2D eigenvalue weighted by molar-refractivity contribution is 5.40. The number of aliphatic hydroxyl groups excluding tert-OH is 1. The van der Waals surface area contributed by atoms with E-state index in [1.165, 1.54) is 32.1 Å². The Kier molecular flexibility index (Phi) is 2.79. The van der Waals surface area contributed by atoms with E-state index in [9.17, 15) is 0 Å². The minimum atomic E-state index is 0.152. The Morgan fingerprint density at radius 2 is 2.16 bits per heavy atom. The molecule has 4 nitrogen and oxygen atoms in total. The van der Waals surface area contributed by atoms with Crippen LogP contribution in [0.15, 0.2) is 12.4 Å². The van der Waals surface area contributed by atoms with Crippen LogP contribution >= 0.6 is 0 Å². The molecule has 1 aromatic rings. The van der Waals surface area contributed by atoms with Crippen LogP contribution in [0.3, 0.4) is 0 Å². The monoisotopic (exact) mass is 261 g/mol. The van der Waals surface area contributed by atoms with Gasteiger partial charge in [-0.3, -0.25) is 4.68 Å². The van der Waals surface area contributed by atoms with Gasteiger partial charge in [0.2, 0.25) is 0 Å². The van der Waals surface area contributed by atoms with Gasteiger partial charge >= 0.3 is 0 Å². The zero-order chi connectivity index (χ0) is 12.8. The quantitative estimate of drug-likeness (QED) is 0.873. The summed E-state index contributed by atoms with van der Waals surface area (Å²) in [5.41, 5.74) is 1.13. The van der Waals surface area contributed by atoms with Gasteiger partial charge in [0.25, 0.3) is 0 Å². The van der Waals surface area contributed by atoms with Crippen molar-refractivity contribution in [2.24, 2.45) is 23.7 Å². The third-order valence-corrected chi connectivity index (χ3v) is 5.74. The number of hydrogen-bond donors (Lipinski definition) is 2. The number of nitrogens with zero attached hydrogens (tertiary/aromatic N) is 2. The Morgan fingerprint density at radius 1 is 1.26 bits per heavy atom. The molecule has 5 atom stereocenters. The van der Waals surface area contributed by atoms with E-state index < -0.39 is 0 Å². The van der Waals surface area contributed by atoms with Gasteiger partial charge in [-0.25, -0.2) is 0 Å². The molecule has 19 heavy (non-hydrogen) atoms. The van der Waals surface area contributed by atoms with Crippen LogP contribution in [-0.4, -0.2) is 27.5 Å². The highest BCUT2D eigenvalue weighted by Crippen LogP contribution is 2.59. The fourth-order valence-electron chi connectivity index (χ4n) is 5.11. The van der Waals surface area contributed by atoms with Crippen LogP contribution in [0.25, 0.3) is 0 Å². The topological polar surface area (TPSA) is 50.1 Å². The van der Waals surface area contributed by atoms with E-state index >= 15 is 0 Å². The minimum Gasteiger partial charge on any atom is -0.394 e. The molecule has 3 aliphatic rings. The van der Waals surface area contributed by atoms with Crippen molar-refractivity contribution in [3.63, 3.8) is 0 Å². The van der Waals surface area contributed by atoms with Crippen molar-refractivity contribution < 1.29 is 5.11 Å². The van der Waals surface area contributed by atoms with Gasteiger partial charge in [0.1, 0.15) is 0 Å². The Hall–Kier alpha value is -1.03. The molecule has 104 valence electrons. The summed E-state index contributed by atoms with van der Waals surface area (Å²) >= 11 is 0. The predicted molar refractivity (Wildman–Crippen MR) is 73.8 cm³/mol. The zero-order valence-electron chi connectivity index (χ0n) is 11.3. The van der Waals surface area contributed by atoms with Crippen molar-refractivity contribution >= 4 is 5.69 Å². The Labute approximate surface area is 114 Å². The lowest BCUT2D eigenvalue weighted by molar-refractivity contribution is 0.243. The van der Waals surface area contributed by atoms with E-state index in [1.54, 1.807) is 0 Å². The van der Waals surface area contributed by atoms with E-state index in [0.717, 1.165) is 29.4 Å². The van der Waals surface area contributed by atoms with Crippen LogP contribution in [-0.2, 0) is 6.54 Å². The molecule has 0 radical (unpaired) electrons. The molecule has 3 fully saturated rings. The first-order chi connectivity index (χ1) is 9.35. The maximum absolute atomic E-state index is 8.92. The summed E-state index contributed by atoms with van der Waals surface area (Å²) in [6.45, 7) is 0.738. The van der Waals surface area contributed by atoms with Gasteiger partial charge in [-0.1, -0.05) is 6.42 Å². The average Bonchev–Trinajstić information content (AvgIpc) is 3.10. The van der Waals surface area contributed by atoms with E-state index in [4.69, 9.17) is 5.11 Å². The summed E-state index contributed by atoms with van der Waals surface area (Å²) in [4.78, 5) is 0. The SMILES string of the molecule is OCCn1cc(NC2CC3CC2C2CCCC32)cn1. The molecule has 4 rings (SSSR count). The van der Waals surface area contributed by atoms with E-state index in [0.29, 0.717) is 12.6 Å². The van der Waals surface area contributed by atoms with Gasteiger partial charge in [0.15, 0.2) is 0 Å². The van der Waals surface area contributed by atoms with Crippen molar-refractivity contribution in [1.82, 2.24) is 9.78 Å². The van der Waals surface area contributed by atoms with Crippen molar-refractivity contribution in [2.45, 2.75) is 44.7 Å². The third-order valence-electron chi connectivity index (χ3n) is 5.74. The summed E-state index contributed by atoms with van der Waals surface area (Å²) < 4.78 is 1.81. The molecule has 0 spiro atoms. The minimum absolute atomic E-state index is 0.152. The summed E-state index contributed by atoms with van der Waals surface area (Å²) in [5.74, 6) is 3.95. The highest BCUT2D eigenvalue weighted by Gasteiger charge is 2.53. The number of hydrogen-bond acceptors (Lipinski definition) is 3. The Morgan fingerprint density at radius 3 is 3.05 bits per heavy atom. The van der Waals surface area contributed by atoms with Crippen LogP contribution in [0.1, 0.15) is 32.1 Å². The van der Waals surface area contributed by atoms with Gasteiger partial charge < -0.3 is 10.4 Å². The van der Waals surface area contributed by atoms with Gasteiger partial charge in [0.05, 0.1) is 25.0 Å². The first-order valence-corrected chi connectivity index (χ1v) is 7.75. The summed E-state index contributed by atoms with van der Waals surface area (Å²) in [6, 6.07) is 0.663. The zero-order valence-corrected chi connectivity index (χ0v) is 11.3. The second-order valence-electron chi connectivity index (χ2n) is 6.62. The van der Waals surface area contributed by atoms with E-state index in [-0.39, 0.29) is 6.61 Å². The standard InChI is InChI=1S/C15H23N3O/c19-5-4-18-9-11(8-16-18)17-15-7-10-6-14(15)13-3-1-2-12(10)13/h8-10,12-15,17,19H,1-7H2. The first-order valence-electron chi connectivity index (χ1n) is 7.75. The highest BCUT2D eigenvalue weighted by atomic mass is 16.3. The molecule has 2 N–H and O–H groups in total. The fraction of sp³-hybridized carbons (Fsp3) is 0.800. The smallest absolute Gasteiger partial charge is 0.0728 e. The maximum Gasteiger partial charge on any atom is 0.0728 e. The molecule has 0 aromatic carbocycles. The average molecular weight is 261 g/mol. The molecule has 3 aliphatic carbocycles. The van der Waals surface area contributed by atoms with Crippen LogP contribution in [0.4, 0.5) is 5.69 Å². The van der Waals surface area contributed by atoms with E-state index in [1.807, 2.05) is 17.1 Å². The van der Waals surface area contributed by atoms with Gasteiger partial charge in [0, 0.05) is 12.2 Å². The van der Waals surface area contributed by atoms with Crippen molar-refractivity contribution in [3.05, 3.63) is 12.4 Å². The van der Waals surface area contributed by atoms with Crippen LogP contribution < -0.4 is 5.32 Å². The second kappa shape index (κ2) is 4.51. The number of fused-ring (bicyclic) bond motifs is 5. The molecule has 1 heterocycles. The number of aliphatic hydroxyl groups is 1. The summed E-state index contributed by atoms with van der Waals surface area (Å²) in [6.07, 6.45) is 11.2. The molecular weight excluding hydrogens is 238 g/mol. The normalized spacial score (nSPS) is 39.7. The molecule has 0 amide bonds. The molecule has 1 aromatic heterocycles. The Balaban J connectivity index is 1.43. The van der Waals surface area contributed by atoms with Gasteiger partial charge in [-0.2, -0.15) is 5.10 Å². The fourth-order valence-corrected chi connectivity index (χ4v) is 5.11. The lowest BCUT2D eigenvalue weighted by Gasteiger charge is -2.32. The number of rotatable bonds is 4. The molecular formula is C15H23N3O. The summed E-state index contributed by atoms with van der Waals surface area (Å²) in [7, 11) is 0. The van der Waals surface area contributed by atoms with Gasteiger partial charge in [-0.05, 0) is 49.4 Å². The van der Waals surface area contributed by atoms with Crippen molar-refractivity contribution in [2.75, 3.05) is 11.9 Å². The number of anilines is 1. The Bertz CT molecular complexity index is 458. The molecule has 0 saturated heterocycles. The lowest BCUT2D eigenvalue weighted by Crippen LogP contribution is -2.33. The molecule has 0 aliphatic heterocycles. The predicted octanol–water partition coefficient (Wildman–Crippen LogP) is 2.11. The van der Waals surface area contributed by atoms with Gasteiger partial charge in [-0.15, -0.1) is 0 Å². The number of nitrogens with one attached hydrogen (secondary N) is 1. The van der Waals surface area contributed by atoms with Crippen LogP contribution in [0.5, 0.6) is 0 Å². The lowest BCUT2D eigenvalue weighted by atomic mass is 9.79. The summed E-state index contributed by atoms with van der Waals surface area (Å²) in [5, 5.41) is 16.9. The molecule has 3 saturated carbocycles. The van der Waals surface area contributed by atoms with Crippen LogP contribution in [0.2, 0.25) is 0 Å². The van der Waals surface area contributed by atoms with Crippen molar-refractivity contribution in [3.8, 4) is 0 Å². The van der Waals surface area contributed by atoms with Crippen molar-refractivity contribution in [1.29, 1.82) is 0 Å². The molecule has 5 unspecified atom stereocenters.